The summed E-state index contributed by atoms with van der Waals surface area (Å²) >= 11 is 6.03. The molecule has 0 atom stereocenters. The van der Waals surface area contributed by atoms with Crippen molar-refractivity contribution in [3.63, 3.8) is 0 Å². The Morgan fingerprint density at radius 3 is 2.17 bits per heavy atom. The molecule has 2 aromatic rings. The number of hydrogen-bond donors (Lipinski definition) is 0. The SMILES string of the molecule is CC(=O)OCCN1CCC(=C(c2ccc(Cl)cc2)c2ccc(S(C)(=O)=O)cc2)C1=O. The Morgan fingerprint density at radius 2 is 1.63 bits per heavy atom. The number of hydrogen-bond acceptors (Lipinski definition) is 5. The summed E-state index contributed by atoms with van der Waals surface area (Å²) in [7, 11) is -3.32. The van der Waals surface area contributed by atoms with Gasteiger partial charge in [0.05, 0.1) is 11.4 Å². The van der Waals surface area contributed by atoms with E-state index in [1.54, 1.807) is 41.3 Å². The van der Waals surface area contributed by atoms with E-state index in [9.17, 15) is 18.0 Å². The minimum absolute atomic E-state index is 0.126. The van der Waals surface area contributed by atoms with Gasteiger partial charge in [-0.25, -0.2) is 8.42 Å². The number of ether oxygens (including phenoxy) is 1. The predicted octanol–water partition coefficient (Wildman–Crippen LogP) is 3.34. The van der Waals surface area contributed by atoms with E-state index in [1.165, 1.54) is 6.92 Å². The second kappa shape index (κ2) is 9.02. The van der Waals surface area contributed by atoms with Crippen LogP contribution in [0.1, 0.15) is 24.5 Å². The summed E-state index contributed by atoms with van der Waals surface area (Å²) in [5.74, 6) is -0.510. The van der Waals surface area contributed by atoms with Crippen LogP contribution in [0.15, 0.2) is 59.0 Å². The Morgan fingerprint density at radius 1 is 1.07 bits per heavy atom. The zero-order valence-corrected chi connectivity index (χ0v) is 18.3. The van der Waals surface area contributed by atoms with Crippen molar-refractivity contribution in [3.8, 4) is 0 Å². The molecule has 0 radical (unpaired) electrons. The number of nitrogens with zero attached hydrogens (tertiary/aromatic N) is 1. The van der Waals surface area contributed by atoms with E-state index < -0.39 is 9.84 Å². The van der Waals surface area contributed by atoms with Gasteiger partial charge < -0.3 is 9.64 Å². The summed E-state index contributed by atoms with van der Waals surface area (Å²) in [5.41, 5.74) is 2.94. The Bertz CT molecular complexity index is 1090. The van der Waals surface area contributed by atoms with Crippen molar-refractivity contribution in [1.82, 2.24) is 4.90 Å². The molecule has 1 heterocycles. The van der Waals surface area contributed by atoms with Crippen LogP contribution in [0.4, 0.5) is 0 Å². The van der Waals surface area contributed by atoms with Gasteiger partial charge in [0.15, 0.2) is 9.84 Å². The Balaban J connectivity index is 2.01. The average molecular weight is 448 g/mol. The highest BCUT2D eigenvalue weighted by Crippen LogP contribution is 2.33. The van der Waals surface area contributed by atoms with E-state index in [0.29, 0.717) is 30.1 Å². The van der Waals surface area contributed by atoms with E-state index >= 15 is 0 Å². The summed E-state index contributed by atoms with van der Waals surface area (Å²) in [6.07, 6.45) is 1.69. The molecule has 0 aliphatic carbocycles. The predicted molar refractivity (Wildman–Crippen MR) is 115 cm³/mol. The fraction of sp³-hybridized carbons (Fsp3) is 0.273. The molecule has 6 nitrogen and oxygen atoms in total. The molecule has 30 heavy (non-hydrogen) atoms. The van der Waals surface area contributed by atoms with Crippen LogP contribution in [0.25, 0.3) is 5.57 Å². The smallest absolute Gasteiger partial charge is 0.302 e. The van der Waals surface area contributed by atoms with Gasteiger partial charge in [-0.15, -0.1) is 0 Å². The quantitative estimate of drug-likeness (QED) is 0.501. The van der Waals surface area contributed by atoms with Crippen LogP contribution in [0.5, 0.6) is 0 Å². The van der Waals surface area contributed by atoms with Gasteiger partial charge in [-0.1, -0.05) is 35.9 Å². The maximum atomic E-state index is 13.1. The molecular formula is C22H22ClNO5S. The van der Waals surface area contributed by atoms with E-state index in [4.69, 9.17) is 16.3 Å². The first-order valence-electron chi connectivity index (χ1n) is 9.39. The topological polar surface area (TPSA) is 80.8 Å². The van der Waals surface area contributed by atoms with Gasteiger partial charge in [0, 0.05) is 30.3 Å². The van der Waals surface area contributed by atoms with Gasteiger partial charge >= 0.3 is 5.97 Å². The normalized spacial score (nSPS) is 16.0. The molecule has 1 fully saturated rings. The third-order valence-corrected chi connectivity index (χ3v) is 6.23. The van der Waals surface area contributed by atoms with Crippen molar-refractivity contribution < 1.29 is 22.7 Å². The summed E-state index contributed by atoms with van der Waals surface area (Å²) in [6, 6.07) is 13.7. The van der Waals surface area contributed by atoms with Crippen molar-refractivity contribution in [2.45, 2.75) is 18.2 Å². The number of carbonyl (C=O) groups excluding carboxylic acids is 2. The minimum Gasteiger partial charge on any atom is -0.464 e. The zero-order chi connectivity index (χ0) is 21.9. The molecule has 0 N–H and O–H groups in total. The molecule has 1 aliphatic rings. The van der Waals surface area contributed by atoms with E-state index in [0.717, 1.165) is 23.0 Å². The summed E-state index contributed by atoms with van der Waals surface area (Å²) in [5, 5.41) is 0.580. The molecule has 0 saturated carbocycles. The lowest BCUT2D eigenvalue weighted by Gasteiger charge is -2.16. The first-order chi connectivity index (χ1) is 14.2. The lowest BCUT2D eigenvalue weighted by molar-refractivity contribution is -0.142. The molecule has 8 heteroatoms. The van der Waals surface area contributed by atoms with Crippen LogP contribution in [0.3, 0.4) is 0 Å². The molecule has 1 amide bonds. The average Bonchev–Trinajstić information content (AvgIpc) is 3.04. The maximum Gasteiger partial charge on any atom is 0.302 e. The molecule has 158 valence electrons. The number of amides is 1. The molecular weight excluding hydrogens is 426 g/mol. The number of likely N-dealkylation sites (tertiary alicyclic amines) is 1. The number of rotatable bonds is 6. The van der Waals surface area contributed by atoms with E-state index in [2.05, 4.69) is 0 Å². The third-order valence-electron chi connectivity index (χ3n) is 4.85. The van der Waals surface area contributed by atoms with Crippen LogP contribution in [-0.4, -0.2) is 51.1 Å². The molecule has 1 saturated heterocycles. The largest absolute Gasteiger partial charge is 0.464 e. The highest BCUT2D eigenvalue weighted by atomic mass is 35.5. The molecule has 0 spiro atoms. The first-order valence-corrected chi connectivity index (χ1v) is 11.7. The van der Waals surface area contributed by atoms with Gasteiger partial charge in [-0.05, 0) is 47.4 Å². The van der Waals surface area contributed by atoms with Gasteiger partial charge in [0.25, 0.3) is 5.91 Å². The van der Waals surface area contributed by atoms with Gasteiger partial charge in [0.1, 0.15) is 6.61 Å². The number of carbonyl (C=O) groups is 2. The Hall–Kier alpha value is -2.64. The van der Waals surface area contributed by atoms with Gasteiger partial charge in [-0.3, -0.25) is 9.59 Å². The monoisotopic (exact) mass is 447 g/mol. The van der Waals surface area contributed by atoms with Crippen molar-refractivity contribution >= 4 is 38.9 Å². The number of esters is 1. The van der Waals surface area contributed by atoms with Crippen molar-refractivity contribution in [1.29, 1.82) is 0 Å². The lowest BCUT2D eigenvalue weighted by atomic mass is 9.92. The second-order valence-electron chi connectivity index (χ2n) is 7.04. The summed E-state index contributed by atoms with van der Waals surface area (Å²) in [6.45, 7) is 2.32. The Kier molecular flexibility index (Phi) is 6.63. The molecule has 1 aliphatic heterocycles. The van der Waals surface area contributed by atoms with Gasteiger partial charge in [0.2, 0.25) is 0 Å². The lowest BCUT2D eigenvalue weighted by Crippen LogP contribution is -2.29. The number of benzene rings is 2. The second-order valence-corrected chi connectivity index (χ2v) is 9.49. The fourth-order valence-electron chi connectivity index (χ4n) is 3.39. The highest BCUT2D eigenvalue weighted by molar-refractivity contribution is 7.90. The fourth-order valence-corrected chi connectivity index (χ4v) is 4.15. The van der Waals surface area contributed by atoms with E-state index in [1.807, 2.05) is 12.1 Å². The van der Waals surface area contributed by atoms with Gasteiger partial charge in [-0.2, -0.15) is 0 Å². The molecule has 0 unspecified atom stereocenters. The van der Waals surface area contributed by atoms with Crippen LogP contribution in [-0.2, 0) is 24.2 Å². The van der Waals surface area contributed by atoms with Crippen molar-refractivity contribution in [3.05, 3.63) is 70.3 Å². The highest BCUT2D eigenvalue weighted by Gasteiger charge is 2.29. The van der Waals surface area contributed by atoms with Crippen molar-refractivity contribution in [2.75, 3.05) is 26.0 Å². The van der Waals surface area contributed by atoms with E-state index in [-0.39, 0.29) is 23.4 Å². The molecule has 3 rings (SSSR count). The molecule has 2 aromatic carbocycles. The minimum atomic E-state index is -3.32. The number of sulfone groups is 1. The Labute approximate surface area is 181 Å². The van der Waals surface area contributed by atoms with Crippen LogP contribution in [0, 0.1) is 0 Å². The molecule has 0 aromatic heterocycles. The summed E-state index contributed by atoms with van der Waals surface area (Å²) in [4.78, 5) is 25.9. The van der Waals surface area contributed by atoms with Crippen LogP contribution >= 0.6 is 11.6 Å². The molecule has 0 bridgehead atoms. The third kappa shape index (κ3) is 5.09. The number of halogens is 1. The van der Waals surface area contributed by atoms with Crippen molar-refractivity contribution in [2.24, 2.45) is 0 Å². The maximum absolute atomic E-state index is 13.1. The standard InChI is InChI=1S/C22H22ClNO5S/c1-15(25)29-14-13-24-12-11-20(22(24)26)21(16-3-7-18(23)8-4-16)17-5-9-19(10-6-17)30(2,27)28/h3-10H,11-14H2,1-2H3. The van der Waals surface area contributed by atoms with Crippen LogP contribution < -0.4 is 0 Å². The zero-order valence-electron chi connectivity index (χ0n) is 16.7. The summed E-state index contributed by atoms with van der Waals surface area (Å²) < 4.78 is 28.6. The first kappa shape index (κ1) is 22.1. The van der Waals surface area contributed by atoms with Crippen LogP contribution in [0.2, 0.25) is 5.02 Å².